The molecular weight excluding hydrogens is 268 g/mol. The summed E-state index contributed by atoms with van der Waals surface area (Å²) in [6.07, 6.45) is 1.10. The molecule has 1 atom stereocenters. The Bertz CT molecular complexity index is 624. The second kappa shape index (κ2) is 5.47. The van der Waals surface area contributed by atoms with Crippen LogP contribution in [0, 0.1) is 6.92 Å². The molecule has 1 aliphatic heterocycles. The normalized spacial score (nSPS) is 15.2. The van der Waals surface area contributed by atoms with Crippen LogP contribution in [0.4, 0.5) is 5.69 Å². The van der Waals surface area contributed by atoms with E-state index in [1.807, 2.05) is 12.1 Å². The van der Waals surface area contributed by atoms with Crippen LogP contribution in [0.15, 0.2) is 42.5 Å². The fourth-order valence-corrected chi connectivity index (χ4v) is 3.35. The van der Waals surface area contributed by atoms with E-state index in [0.717, 1.165) is 18.0 Å². The van der Waals surface area contributed by atoms with Crippen LogP contribution in [0.5, 0.6) is 0 Å². The van der Waals surface area contributed by atoms with Gasteiger partial charge in [0, 0.05) is 23.8 Å². The quantitative estimate of drug-likeness (QED) is 0.932. The number of para-hydroxylation sites is 1. The summed E-state index contributed by atoms with van der Waals surface area (Å²) in [4.78, 5) is 2.42. The number of hydrogen-bond acceptors (Lipinski definition) is 2. The summed E-state index contributed by atoms with van der Waals surface area (Å²) in [7, 11) is 0. The lowest BCUT2D eigenvalue weighted by molar-refractivity contribution is 0.646. The summed E-state index contributed by atoms with van der Waals surface area (Å²) < 4.78 is 0. The summed E-state index contributed by atoms with van der Waals surface area (Å²) in [5.74, 6) is 0. The van der Waals surface area contributed by atoms with Gasteiger partial charge in [0.15, 0.2) is 0 Å². The third kappa shape index (κ3) is 2.30. The highest BCUT2D eigenvalue weighted by Gasteiger charge is 2.26. The second-order valence-electron chi connectivity index (χ2n) is 5.32. The van der Waals surface area contributed by atoms with E-state index in [9.17, 15) is 0 Å². The average molecular weight is 287 g/mol. The van der Waals surface area contributed by atoms with E-state index in [0.29, 0.717) is 6.54 Å². The standard InChI is InChI=1S/C17H19ClN2/c1-12-10-14(18)6-7-15(12)17(11-19)20-9-8-13-4-2-3-5-16(13)20/h2-7,10,17H,8-9,11,19H2,1H3. The van der Waals surface area contributed by atoms with Crippen LogP contribution < -0.4 is 10.6 Å². The monoisotopic (exact) mass is 286 g/mol. The van der Waals surface area contributed by atoms with E-state index in [-0.39, 0.29) is 6.04 Å². The van der Waals surface area contributed by atoms with Crippen LogP contribution in [-0.2, 0) is 6.42 Å². The van der Waals surface area contributed by atoms with E-state index < -0.39 is 0 Å². The van der Waals surface area contributed by atoms with Gasteiger partial charge in [-0.1, -0.05) is 35.9 Å². The van der Waals surface area contributed by atoms with Crippen LogP contribution in [0.2, 0.25) is 5.02 Å². The fraction of sp³-hybridized carbons (Fsp3) is 0.294. The molecule has 2 aromatic carbocycles. The Morgan fingerprint density at radius 1 is 1.25 bits per heavy atom. The van der Waals surface area contributed by atoms with Crippen LogP contribution in [-0.4, -0.2) is 13.1 Å². The molecule has 20 heavy (non-hydrogen) atoms. The molecule has 3 rings (SSSR count). The SMILES string of the molecule is Cc1cc(Cl)ccc1C(CN)N1CCc2ccccc21. The largest absolute Gasteiger partial charge is 0.363 e. The molecule has 0 saturated heterocycles. The second-order valence-corrected chi connectivity index (χ2v) is 5.76. The zero-order valence-electron chi connectivity index (χ0n) is 11.6. The molecule has 2 N–H and O–H groups in total. The van der Waals surface area contributed by atoms with Gasteiger partial charge in [0.2, 0.25) is 0 Å². The van der Waals surface area contributed by atoms with Gasteiger partial charge in [-0.15, -0.1) is 0 Å². The minimum atomic E-state index is 0.218. The number of aryl methyl sites for hydroxylation is 1. The van der Waals surface area contributed by atoms with Crippen molar-refractivity contribution in [1.82, 2.24) is 0 Å². The van der Waals surface area contributed by atoms with Gasteiger partial charge < -0.3 is 10.6 Å². The van der Waals surface area contributed by atoms with Gasteiger partial charge in [0.1, 0.15) is 0 Å². The third-order valence-electron chi connectivity index (χ3n) is 4.11. The van der Waals surface area contributed by atoms with Crippen molar-refractivity contribution in [3.05, 3.63) is 64.2 Å². The first-order valence-electron chi connectivity index (χ1n) is 7.01. The van der Waals surface area contributed by atoms with Crippen molar-refractivity contribution in [2.75, 3.05) is 18.0 Å². The molecule has 0 radical (unpaired) electrons. The molecule has 0 spiro atoms. The molecule has 3 heteroatoms. The Balaban J connectivity index is 1.99. The number of hydrogen-bond donors (Lipinski definition) is 1. The van der Waals surface area contributed by atoms with Gasteiger partial charge in [0.05, 0.1) is 6.04 Å². The number of anilines is 1. The number of fused-ring (bicyclic) bond motifs is 1. The molecule has 104 valence electrons. The summed E-state index contributed by atoms with van der Waals surface area (Å²) in [5.41, 5.74) is 11.3. The van der Waals surface area contributed by atoms with Crippen LogP contribution in [0.3, 0.4) is 0 Å². The molecule has 1 aliphatic rings. The minimum Gasteiger partial charge on any atom is -0.363 e. The number of nitrogens with zero attached hydrogens (tertiary/aromatic N) is 1. The zero-order chi connectivity index (χ0) is 14.1. The molecule has 0 amide bonds. The lowest BCUT2D eigenvalue weighted by Gasteiger charge is -2.31. The van der Waals surface area contributed by atoms with Crippen molar-refractivity contribution in [2.24, 2.45) is 5.73 Å². The molecular formula is C17H19ClN2. The number of halogens is 1. The minimum absolute atomic E-state index is 0.218. The molecule has 0 saturated carbocycles. The van der Waals surface area contributed by atoms with Gasteiger partial charge in [0.25, 0.3) is 0 Å². The third-order valence-corrected chi connectivity index (χ3v) is 4.35. The summed E-state index contributed by atoms with van der Waals surface area (Å²) >= 11 is 6.06. The van der Waals surface area contributed by atoms with Crippen molar-refractivity contribution < 1.29 is 0 Å². The van der Waals surface area contributed by atoms with E-state index in [1.165, 1.54) is 22.4 Å². The maximum Gasteiger partial charge on any atom is 0.0667 e. The van der Waals surface area contributed by atoms with Crippen molar-refractivity contribution in [3.8, 4) is 0 Å². The van der Waals surface area contributed by atoms with Crippen molar-refractivity contribution in [3.63, 3.8) is 0 Å². The van der Waals surface area contributed by atoms with Crippen molar-refractivity contribution in [2.45, 2.75) is 19.4 Å². The highest BCUT2D eigenvalue weighted by atomic mass is 35.5. The fourth-order valence-electron chi connectivity index (χ4n) is 3.12. The molecule has 0 bridgehead atoms. The maximum absolute atomic E-state index is 6.07. The van der Waals surface area contributed by atoms with Crippen molar-refractivity contribution >= 4 is 17.3 Å². The average Bonchev–Trinajstić information content (AvgIpc) is 2.86. The molecule has 1 heterocycles. The van der Waals surface area contributed by atoms with E-state index >= 15 is 0 Å². The summed E-state index contributed by atoms with van der Waals surface area (Å²) in [6.45, 7) is 3.74. The topological polar surface area (TPSA) is 29.3 Å². The van der Waals surface area contributed by atoms with E-state index in [1.54, 1.807) is 0 Å². The number of benzene rings is 2. The Hall–Kier alpha value is -1.51. The van der Waals surface area contributed by atoms with Crippen molar-refractivity contribution in [1.29, 1.82) is 0 Å². The van der Waals surface area contributed by atoms with Gasteiger partial charge >= 0.3 is 0 Å². The van der Waals surface area contributed by atoms with E-state index in [4.69, 9.17) is 17.3 Å². The van der Waals surface area contributed by atoms with Gasteiger partial charge in [-0.05, 0) is 48.2 Å². The highest BCUT2D eigenvalue weighted by Crippen LogP contribution is 2.35. The Morgan fingerprint density at radius 3 is 2.80 bits per heavy atom. The lowest BCUT2D eigenvalue weighted by atomic mass is 10.00. The molecule has 2 nitrogen and oxygen atoms in total. The molecule has 2 aromatic rings. The maximum atomic E-state index is 6.07. The highest BCUT2D eigenvalue weighted by molar-refractivity contribution is 6.30. The smallest absolute Gasteiger partial charge is 0.0667 e. The van der Waals surface area contributed by atoms with Crippen LogP contribution in [0.1, 0.15) is 22.7 Å². The zero-order valence-corrected chi connectivity index (χ0v) is 12.4. The first-order valence-corrected chi connectivity index (χ1v) is 7.39. The molecule has 0 fully saturated rings. The molecule has 0 aromatic heterocycles. The number of rotatable bonds is 3. The number of nitrogens with two attached hydrogens (primary N) is 1. The van der Waals surface area contributed by atoms with E-state index in [2.05, 4.69) is 42.2 Å². The van der Waals surface area contributed by atoms with Gasteiger partial charge in [-0.25, -0.2) is 0 Å². The Kier molecular flexibility index (Phi) is 3.68. The lowest BCUT2D eigenvalue weighted by Crippen LogP contribution is -2.32. The van der Waals surface area contributed by atoms with Gasteiger partial charge in [-0.2, -0.15) is 0 Å². The van der Waals surface area contributed by atoms with Crippen LogP contribution in [0.25, 0.3) is 0 Å². The molecule has 0 aliphatic carbocycles. The Morgan fingerprint density at radius 2 is 2.05 bits per heavy atom. The molecule has 1 unspecified atom stereocenters. The Labute approximate surface area is 125 Å². The first-order chi connectivity index (χ1) is 9.70. The summed E-state index contributed by atoms with van der Waals surface area (Å²) in [6, 6.07) is 14.9. The predicted octanol–water partition coefficient (Wildman–Crippen LogP) is 3.71. The van der Waals surface area contributed by atoms with Crippen LogP contribution >= 0.6 is 11.6 Å². The predicted molar refractivity (Wildman–Crippen MR) is 85.5 cm³/mol. The summed E-state index contributed by atoms with van der Waals surface area (Å²) in [5, 5.41) is 0.781. The first kappa shape index (κ1) is 13.5. The van der Waals surface area contributed by atoms with Gasteiger partial charge in [-0.3, -0.25) is 0 Å².